The Bertz CT molecular complexity index is 1840. The van der Waals surface area contributed by atoms with Gasteiger partial charge in [-0.3, -0.25) is 19.3 Å². The van der Waals surface area contributed by atoms with Gasteiger partial charge in [-0.25, -0.2) is 19.0 Å². The quantitative estimate of drug-likeness (QED) is 0.188. The molecular formula is C32H33ClFN7O4S. The summed E-state index contributed by atoms with van der Waals surface area (Å²) < 4.78 is 41.2. The average Bonchev–Trinajstić information content (AvgIpc) is 3.60. The summed E-state index contributed by atoms with van der Waals surface area (Å²) in [7, 11) is 0. The third-order valence-corrected chi connectivity index (χ3v) is 9.31. The molecule has 1 saturated heterocycles. The fourth-order valence-electron chi connectivity index (χ4n) is 5.78. The van der Waals surface area contributed by atoms with Gasteiger partial charge in [0.05, 0.1) is 41.2 Å². The molecule has 0 amide bonds. The van der Waals surface area contributed by atoms with Gasteiger partial charge >= 0.3 is 0 Å². The SMILES string of the molecule is CC1=CC(O[C@H]2CCC=CC2F)=NC[C@@H]1N1NCC(=C(O)c2cc3cc(C)c(NS(=O)OC4C=C(C#N)C=C(Cl)C4)cc3[nH]2)C1=N. The summed E-state index contributed by atoms with van der Waals surface area (Å²) in [4.78, 5) is 7.71. The van der Waals surface area contributed by atoms with Crippen molar-refractivity contribution in [3.8, 4) is 6.07 Å². The van der Waals surface area contributed by atoms with Crippen LogP contribution in [0.15, 0.2) is 75.3 Å². The molecule has 2 aliphatic carbocycles. The molecule has 14 heteroatoms. The number of nitriles is 1. The molecule has 11 nitrogen and oxygen atoms in total. The number of aromatic nitrogens is 1. The molecule has 5 atom stereocenters. The van der Waals surface area contributed by atoms with Crippen LogP contribution < -0.4 is 10.1 Å². The number of halogens is 2. The molecule has 5 N–H and O–H groups in total. The predicted octanol–water partition coefficient (Wildman–Crippen LogP) is 5.70. The van der Waals surface area contributed by atoms with Crippen molar-refractivity contribution in [2.45, 2.75) is 57.5 Å². The molecule has 1 fully saturated rings. The molecule has 4 aliphatic rings. The Kier molecular flexibility index (Phi) is 9.15. The lowest BCUT2D eigenvalue weighted by Gasteiger charge is -2.31. The van der Waals surface area contributed by atoms with Crippen LogP contribution in [0.25, 0.3) is 16.7 Å². The van der Waals surface area contributed by atoms with Gasteiger partial charge in [-0.05, 0) is 68.2 Å². The van der Waals surface area contributed by atoms with Gasteiger partial charge in [0, 0.05) is 35.0 Å². The molecule has 1 aromatic carbocycles. The highest BCUT2D eigenvalue weighted by atomic mass is 35.5. The van der Waals surface area contributed by atoms with Crippen molar-refractivity contribution in [3.05, 3.63) is 81.6 Å². The van der Waals surface area contributed by atoms with Crippen LogP contribution in [0.3, 0.4) is 0 Å². The van der Waals surface area contributed by atoms with Gasteiger partial charge in [-0.1, -0.05) is 23.8 Å². The number of anilines is 1. The Balaban J connectivity index is 1.13. The number of aliphatic imine (C=N–C) groups is 1. The van der Waals surface area contributed by atoms with Crippen molar-refractivity contribution in [3.63, 3.8) is 0 Å². The van der Waals surface area contributed by atoms with Crippen LogP contribution >= 0.6 is 11.6 Å². The number of ether oxygens (including phenoxy) is 1. The topological polar surface area (TPSA) is 159 Å². The van der Waals surface area contributed by atoms with E-state index in [0.717, 1.165) is 22.9 Å². The number of amidine groups is 1. The van der Waals surface area contributed by atoms with E-state index >= 15 is 0 Å². The number of nitrogens with zero attached hydrogens (tertiary/aromatic N) is 3. The summed E-state index contributed by atoms with van der Waals surface area (Å²) in [6.07, 6.45) is 7.58. The van der Waals surface area contributed by atoms with Gasteiger partial charge in [-0.2, -0.15) is 5.26 Å². The number of aliphatic hydroxyl groups excluding tert-OH is 1. The number of alkyl halides is 1. The Morgan fingerprint density at radius 3 is 2.91 bits per heavy atom. The van der Waals surface area contributed by atoms with Crippen LogP contribution in [0, 0.1) is 23.7 Å². The summed E-state index contributed by atoms with van der Waals surface area (Å²) in [6, 6.07) is 7.18. The lowest BCUT2D eigenvalue weighted by Crippen LogP contribution is -2.47. The van der Waals surface area contributed by atoms with Crippen molar-refractivity contribution in [1.82, 2.24) is 15.4 Å². The van der Waals surface area contributed by atoms with Crippen molar-refractivity contribution in [1.29, 1.82) is 10.7 Å². The molecule has 0 radical (unpaired) electrons. The van der Waals surface area contributed by atoms with Crippen LogP contribution in [0.4, 0.5) is 10.1 Å². The number of rotatable bonds is 7. The summed E-state index contributed by atoms with van der Waals surface area (Å²) >= 11 is 4.17. The highest BCUT2D eigenvalue weighted by Crippen LogP contribution is 2.31. The first-order valence-electron chi connectivity index (χ1n) is 14.8. The van der Waals surface area contributed by atoms with Gasteiger partial charge < -0.3 is 14.8 Å². The molecule has 3 unspecified atom stereocenters. The maximum atomic E-state index is 14.2. The van der Waals surface area contributed by atoms with E-state index in [4.69, 9.17) is 25.9 Å². The van der Waals surface area contributed by atoms with Crippen molar-refractivity contribution in [2.24, 2.45) is 4.99 Å². The van der Waals surface area contributed by atoms with E-state index in [-0.39, 0.29) is 24.2 Å². The van der Waals surface area contributed by atoms with Crippen LogP contribution in [0.1, 0.15) is 37.4 Å². The minimum absolute atomic E-state index is 0.0677. The minimum Gasteiger partial charge on any atom is -0.505 e. The lowest BCUT2D eigenvalue weighted by atomic mass is 10.0. The van der Waals surface area contributed by atoms with E-state index in [1.807, 2.05) is 32.1 Å². The summed E-state index contributed by atoms with van der Waals surface area (Å²) in [5, 5.41) is 32.2. The minimum atomic E-state index is -1.92. The van der Waals surface area contributed by atoms with Crippen molar-refractivity contribution < 1.29 is 22.6 Å². The van der Waals surface area contributed by atoms with E-state index in [9.17, 15) is 19.0 Å². The van der Waals surface area contributed by atoms with Gasteiger partial charge in [0.15, 0.2) is 6.17 Å². The van der Waals surface area contributed by atoms with Crippen LogP contribution in [-0.4, -0.2) is 68.6 Å². The molecular weight excluding hydrogens is 633 g/mol. The number of aryl methyl sites for hydroxylation is 1. The molecule has 0 saturated carbocycles. The first-order chi connectivity index (χ1) is 22.1. The maximum absolute atomic E-state index is 14.2. The van der Waals surface area contributed by atoms with Crippen molar-refractivity contribution >= 4 is 57.0 Å². The number of nitrogens with one attached hydrogen (secondary N) is 4. The number of hydrogen-bond donors (Lipinski definition) is 5. The van der Waals surface area contributed by atoms with Crippen molar-refractivity contribution in [2.75, 3.05) is 17.8 Å². The zero-order valence-corrected chi connectivity index (χ0v) is 26.7. The molecule has 240 valence electrons. The molecule has 3 heterocycles. The number of aromatic amines is 1. The number of H-pyrrole nitrogens is 1. The monoisotopic (exact) mass is 665 g/mol. The smallest absolute Gasteiger partial charge is 0.262 e. The molecule has 0 spiro atoms. The Hall–Kier alpha value is -4.22. The van der Waals surface area contributed by atoms with Gasteiger partial charge in [0.25, 0.3) is 11.3 Å². The van der Waals surface area contributed by atoms with Crippen LogP contribution in [0.2, 0.25) is 0 Å². The second-order valence-electron chi connectivity index (χ2n) is 11.5. The first kappa shape index (κ1) is 31.7. The Labute approximate surface area is 273 Å². The molecule has 1 aromatic heterocycles. The van der Waals surface area contributed by atoms with Gasteiger partial charge in [-0.15, -0.1) is 0 Å². The number of benzene rings is 1. The number of hydrogen-bond acceptors (Lipinski definition) is 8. The van der Waals surface area contributed by atoms with E-state index in [0.29, 0.717) is 58.4 Å². The number of hydrazine groups is 1. The fraction of sp³-hybridized carbons (Fsp3) is 0.344. The third-order valence-electron chi connectivity index (χ3n) is 8.24. The number of dihydropyridines is 1. The zero-order valence-electron chi connectivity index (χ0n) is 25.1. The Morgan fingerprint density at radius 2 is 2.15 bits per heavy atom. The Morgan fingerprint density at radius 1 is 1.33 bits per heavy atom. The molecule has 2 aromatic rings. The maximum Gasteiger partial charge on any atom is 0.262 e. The second kappa shape index (κ2) is 13.3. The molecule has 2 aliphatic heterocycles. The number of aliphatic hydroxyl groups is 1. The number of allylic oxidation sites excluding steroid dienone is 3. The standard InChI is InChI=1S/C32H33ClFN7O4S/c1-17-7-20-11-27(39-26(20)13-25(17)40-46(43)45-22-10-19(14-35)9-21(33)12-22)31(42)23-15-38-41(32(23)36)28-16-37-30(8-18(28)2)44-29-6-4-3-5-24(29)34/h3,5,7-11,13,22,24,28-29,36,38-40,42H,4,6,12,15-16H2,1-2H3/t22?,24?,28-,29-,46?/m0/s1. The highest BCUT2D eigenvalue weighted by Gasteiger charge is 2.34. The normalized spacial score (nSPS) is 26.6. The van der Waals surface area contributed by atoms with Crippen LogP contribution in [0.5, 0.6) is 0 Å². The fourth-order valence-corrected chi connectivity index (χ4v) is 6.84. The summed E-state index contributed by atoms with van der Waals surface area (Å²) in [5.74, 6) is 0.438. The second-order valence-corrected chi connectivity index (χ2v) is 12.9. The average molecular weight is 666 g/mol. The molecule has 0 bridgehead atoms. The number of fused-ring (bicyclic) bond motifs is 1. The first-order valence-corrected chi connectivity index (χ1v) is 16.3. The van der Waals surface area contributed by atoms with Gasteiger partial charge in [0.1, 0.15) is 23.8 Å². The molecule has 6 rings (SSSR count). The summed E-state index contributed by atoms with van der Waals surface area (Å²) in [6.45, 7) is 4.32. The van der Waals surface area contributed by atoms with E-state index in [1.165, 1.54) is 6.08 Å². The largest absolute Gasteiger partial charge is 0.505 e. The third kappa shape index (κ3) is 6.66. The van der Waals surface area contributed by atoms with E-state index in [1.54, 1.807) is 35.4 Å². The van der Waals surface area contributed by atoms with Crippen LogP contribution in [-0.2, 0) is 20.2 Å². The zero-order chi connectivity index (χ0) is 32.5. The molecule has 46 heavy (non-hydrogen) atoms. The van der Waals surface area contributed by atoms with E-state index in [2.05, 4.69) is 20.1 Å². The summed E-state index contributed by atoms with van der Waals surface area (Å²) in [5.41, 5.74) is 7.30. The highest BCUT2D eigenvalue weighted by molar-refractivity contribution is 7.81. The predicted molar refractivity (Wildman–Crippen MR) is 177 cm³/mol. The lowest BCUT2D eigenvalue weighted by molar-refractivity contribution is 0.102. The van der Waals surface area contributed by atoms with Gasteiger partial charge in [0.2, 0.25) is 5.90 Å². The van der Waals surface area contributed by atoms with E-state index < -0.39 is 29.6 Å².